The summed E-state index contributed by atoms with van der Waals surface area (Å²) in [5, 5.41) is 9.37. The molecule has 0 saturated carbocycles. The molecule has 0 aliphatic rings. The van der Waals surface area contributed by atoms with Crippen molar-refractivity contribution in [3.63, 3.8) is 0 Å². The highest BCUT2D eigenvalue weighted by atomic mass is 16.5. The van der Waals surface area contributed by atoms with Crippen LogP contribution in [-0.4, -0.2) is 19.5 Å². The van der Waals surface area contributed by atoms with Crippen molar-refractivity contribution in [2.45, 2.75) is 19.8 Å². The Morgan fingerprint density at radius 3 is 2.56 bits per heavy atom. The van der Waals surface area contributed by atoms with Crippen LogP contribution in [-0.2, 0) is 0 Å². The van der Waals surface area contributed by atoms with Gasteiger partial charge in [0.25, 0.3) is 0 Å². The number of hydrogen-bond acceptors (Lipinski definition) is 4. The summed E-state index contributed by atoms with van der Waals surface area (Å²) < 4.78 is 11.0. The number of carbonyl (C=O) groups is 1. The molecule has 0 saturated heterocycles. The first-order valence-electron chi connectivity index (χ1n) is 8.22. The van der Waals surface area contributed by atoms with Gasteiger partial charge >= 0.3 is 0 Å². The highest BCUT2D eigenvalue weighted by Crippen LogP contribution is 2.29. The molecular weight excluding hydrogens is 314 g/mol. The maximum absolute atomic E-state index is 12.5. The van der Waals surface area contributed by atoms with Gasteiger partial charge < -0.3 is 9.47 Å². The molecular formula is C21H21NO3. The molecule has 2 aromatic rings. The number of Topliss-reactive ketones (excluding diaryl/α,β-unsaturated/α-hetero) is 1. The Bertz CT molecular complexity index is 789. The third-order valence-electron chi connectivity index (χ3n) is 3.66. The molecule has 0 spiro atoms. The second kappa shape index (κ2) is 9.29. The third-order valence-corrected chi connectivity index (χ3v) is 3.66. The molecule has 0 atom stereocenters. The fraction of sp³-hybridized carbons (Fsp3) is 0.238. The van der Waals surface area contributed by atoms with Crippen molar-refractivity contribution in [2.75, 3.05) is 13.7 Å². The summed E-state index contributed by atoms with van der Waals surface area (Å²) in [7, 11) is 1.58. The van der Waals surface area contributed by atoms with E-state index in [1.165, 1.54) is 0 Å². The number of ether oxygens (including phenoxy) is 2. The number of nitriles is 1. The molecule has 2 aromatic carbocycles. The van der Waals surface area contributed by atoms with Gasteiger partial charge in [0.2, 0.25) is 5.78 Å². The van der Waals surface area contributed by atoms with Crippen molar-refractivity contribution >= 4 is 11.9 Å². The lowest BCUT2D eigenvalue weighted by atomic mass is 10.0. The lowest BCUT2D eigenvalue weighted by Gasteiger charge is -2.11. The van der Waals surface area contributed by atoms with Gasteiger partial charge in [-0.3, -0.25) is 4.79 Å². The van der Waals surface area contributed by atoms with Crippen molar-refractivity contribution < 1.29 is 14.3 Å². The van der Waals surface area contributed by atoms with Crippen molar-refractivity contribution in [3.05, 3.63) is 65.2 Å². The second-order valence-electron chi connectivity index (χ2n) is 5.48. The smallest absolute Gasteiger partial charge is 0.203 e. The first kappa shape index (κ1) is 18.3. The number of nitrogens with zero attached hydrogens (tertiary/aromatic N) is 1. The maximum atomic E-state index is 12.5. The number of methoxy groups -OCH3 is 1. The number of hydrogen-bond donors (Lipinski definition) is 0. The standard InChI is InChI=1S/C21H21NO3/c1-3-4-12-25-20-14-16(10-11-19(20)24-2)13-18(15-22)21(23)17-8-6-5-7-9-17/h5-11,13-14H,3-4,12H2,1-2H3/b18-13+. The van der Waals surface area contributed by atoms with E-state index in [9.17, 15) is 10.1 Å². The van der Waals surface area contributed by atoms with Gasteiger partial charge in [0.15, 0.2) is 11.5 Å². The zero-order valence-electron chi connectivity index (χ0n) is 14.5. The van der Waals surface area contributed by atoms with Gasteiger partial charge in [-0.05, 0) is 30.2 Å². The van der Waals surface area contributed by atoms with Crippen LogP contribution in [0.4, 0.5) is 0 Å². The van der Waals surface area contributed by atoms with Crippen LogP contribution in [0.5, 0.6) is 11.5 Å². The van der Waals surface area contributed by atoms with Crippen molar-refractivity contribution in [1.29, 1.82) is 5.26 Å². The minimum atomic E-state index is -0.299. The predicted octanol–water partition coefficient (Wildman–Crippen LogP) is 4.66. The van der Waals surface area contributed by atoms with Crippen LogP contribution in [0.25, 0.3) is 6.08 Å². The van der Waals surface area contributed by atoms with E-state index in [0.29, 0.717) is 29.2 Å². The highest BCUT2D eigenvalue weighted by molar-refractivity contribution is 6.14. The molecule has 0 N–H and O–H groups in total. The molecule has 4 heteroatoms. The average Bonchev–Trinajstić information content (AvgIpc) is 2.66. The molecule has 0 unspecified atom stereocenters. The molecule has 2 rings (SSSR count). The molecule has 25 heavy (non-hydrogen) atoms. The first-order chi connectivity index (χ1) is 12.2. The van der Waals surface area contributed by atoms with Crippen LogP contribution in [0.15, 0.2) is 54.1 Å². The molecule has 0 aliphatic heterocycles. The molecule has 0 heterocycles. The van der Waals surface area contributed by atoms with Gasteiger partial charge in [0, 0.05) is 5.56 Å². The molecule has 0 aromatic heterocycles. The van der Waals surface area contributed by atoms with Gasteiger partial charge in [-0.1, -0.05) is 49.7 Å². The lowest BCUT2D eigenvalue weighted by molar-refractivity contribution is 0.104. The Morgan fingerprint density at radius 1 is 1.16 bits per heavy atom. The van der Waals surface area contributed by atoms with E-state index in [1.54, 1.807) is 55.7 Å². The summed E-state index contributed by atoms with van der Waals surface area (Å²) in [5.41, 5.74) is 1.28. The van der Waals surface area contributed by atoms with E-state index in [2.05, 4.69) is 6.92 Å². The molecule has 0 amide bonds. The SMILES string of the molecule is CCCCOc1cc(/C=C(\C#N)C(=O)c2ccccc2)ccc1OC. The Morgan fingerprint density at radius 2 is 1.92 bits per heavy atom. The summed E-state index contributed by atoms with van der Waals surface area (Å²) in [5.74, 6) is 0.933. The molecule has 0 fully saturated rings. The van der Waals surface area contributed by atoms with Crippen LogP contribution in [0.2, 0.25) is 0 Å². The summed E-state index contributed by atoms with van der Waals surface area (Å²) >= 11 is 0. The molecule has 0 radical (unpaired) electrons. The summed E-state index contributed by atoms with van der Waals surface area (Å²) in [6.07, 6.45) is 3.55. The van der Waals surface area contributed by atoms with Gasteiger partial charge in [0.1, 0.15) is 11.6 Å². The Kier molecular flexibility index (Phi) is 6.79. The van der Waals surface area contributed by atoms with Crippen LogP contribution in [0.1, 0.15) is 35.7 Å². The fourth-order valence-corrected chi connectivity index (χ4v) is 2.28. The van der Waals surface area contributed by atoms with Crippen molar-refractivity contribution in [3.8, 4) is 17.6 Å². The summed E-state index contributed by atoms with van der Waals surface area (Å²) in [6.45, 7) is 2.68. The van der Waals surface area contributed by atoms with Crippen LogP contribution < -0.4 is 9.47 Å². The minimum absolute atomic E-state index is 0.0795. The summed E-state index contributed by atoms with van der Waals surface area (Å²) in [4.78, 5) is 12.5. The van der Waals surface area contributed by atoms with E-state index in [1.807, 2.05) is 12.1 Å². The minimum Gasteiger partial charge on any atom is -0.493 e. The number of carbonyl (C=O) groups excluding carboxylic acids is 1. The molecule has 128 valence electrons. The number of ketones is 1. The zero-order valence-corrected chi connectivity index (χ0v) is 14.5. The van der Waals surface area contributed by atoms with Gasteiger partial charge in [-0.25, -0.2) is 0 Å². The van der Waals surface area contributed by atoms with Gasteiger partial charge in [-0.15, -0.1) is 0 Å². The molecule has 0 bridgehead atoms. The zero-order chi connectivity index (χ0) is 18.1. The van der Waals surface area contributed by atoms with E-state index >= 15 is 0 Å². The number of benzene rings is 2. The van der Waals surface area contributed by atoms with E-state index < -0.39 is 0 Å². The Labute approximate surface area is 148 Å². The number of allylic oxidation sites excluding steroid dienone is 1. The fourth-order valence-electron chi connectivity index (χ4n) is 2.28. The molecule has 4 nitrogen and oxygen atoms in total. The Balaban J connectivity index is 2.29. The average molecular weight is 335 g/mol. The van der Waals surface area contributed by atoms with Crippen LogP contribution >= 0.6 is 0 Å². The quantitative estimate of drug-likeness (QED) is 0.304. The van der Waals surface area contributed by atoms with Gasteiger partial charge in [-0.2, -0.15) is 5.26 Å². The lowest BCUT2D eigenvalue weighted by Crippen LogP contribution is -2.02. The third kappa shape index (κ3) is 4.95. The van der Waals surface area contributed by atoms with Crippen LogP contribution in [0.3, 0.4) is 0 Å². The maximum Gasteiger partial charge on any atom is 0.203 e. The largest absolute Gasteiger partial charge is 0.493 e. The van der Waals surface area contributed by atoms with Crippen molar-refractivity contribution in [1.82, 2.24) is 0 Å². The van der Waals surface area contributed by atoms with Crippen LogP contribution in [0, 0.1) is 11.3 Å². The predicted molar refractivity (Wildman–Crippen MR) is 97.8 cm³/mol. The van der Waals surface area contributed by atoms with E-state index in [0.717, 1.165) is 12.8 Å². The monoisotopic (exact) mass is 335 g/mol. The van der Waals surface area contributed by atoms with E-state index in [-0.39, 0.29) is 11.4 Å². The normalized spacial score (nSPS) is 10.8. The second-order valence-corrected chi connectivity index (χ2v) is 5.48. The van der Waals surface area contributed by atoms with E-state index in [4.69, 9.17) is 9.47 Å². The van der Waals surface area contributed by atoms with Crippen molar-refractivity contribution in [2.24, 2.45) is 0 Å². The van der Waals surface area contributed by atoms with Gasteiger partial charge in [0.05, 0.1) is 13.7 Å². The highest BCUT2D eigenvalue weighted by Gasteiger charge is 2.12. The molecule has 0 aliphatic carbocycles. The first-order valence-corrected chi connectivity index (χ1v) is 8.22. The Hall–Kier alpha value is -3.06. The number of rotatable bonds is 8. The summed E-state index contributed by atoms with van der Waals surface area (Å²) in [6, 6.07) is 16.1. The topological polar surface area (TPSA) is 59.3 Å². The number of unbranched alkanes of at least 4 members (excludes halogenated alkanes) is 1.